The number of nitriles is 1. The predicted octanol–water partition coefficient (Wildman–Crippen LogP) is 3.00. The van der Waals surface area contributed by atoms with E-state index < -0.39 is 10.8 Å². The molecule has 1 N–H and O–H groups in total. The lowest BCUT2D eigenvalue weighted by atomic mass is 10.1. The van der Waals surface area contributed by atoms with E-state index in [9.17, 15) is 14.9 Å². The highest BCUT2D eigenvalue weighted by Crippen LogP contribution is 2.23. The van der Waals surface area contributed by atoms with Crippen molar-refractivity contribution in [3.8, 4) is 11.9 Å². The van der Waals surface area contributed by atoms with Crippen molar-refractivity contribution in [2.24, 2.45) is 0 Å². The number of nitro benzene ring substituents is 1. The summed E-state index contributed by atoms with van der Waals surface area (Å²) in [5.41, 5.74) is 0.291. The molecule has 9 heteroatoms. The topological polar surface area (TPSA) is 118 Å². The van der Waals surface area contributed by atoms with Gasteiger partial charge in [-0.25, -0.2) is 4.98 Å². The number of thioether (sulfide) groups is 1. The molecular formula is C17H14N4O4S. The Morgan fingerprint density at radius 1 is 1.42 bits per heavy atom. The molecule has 1 aliphatic rings. The van der Waals surface area contributed by atoms with Gasteiger partial charge in [0.05, 0.1) is 21.7 Å². The molecule has 0 saturated carbocycles. The molecule has 8 nitrogen and oxygen atoms in total. The zero-order valence-corrected chi connectivity index (χ0v) is 14.4. The number of pyridine rings is 1. The van der Waals surface area contributed by atoms with Crippen molar-refractivity contribution in [1.29, 1.82) is 5.26 Å². The number of non-ortho nitro benzene ring substituents is 1. The van der Waals surface area contributed by atoms with Crippen LogP contribution in [0.4, 0.5) is 11.4 Å². The fourth-order valence-electron chi connectivity index (χ4n) is 2.40. The molecule has 3 rings (SSSR count). The summed E-state index contributed by atoms with van der Waals surface area (Å²) in [7, 11) is 0. The summed E-state index contributed by atoms with van der Waals surface area (Å²) in [6.45, 7) is 0. The van der Waals surface area contributed by atoms with E-state index in [1.165, 1.54) is 18.3 Å². The van der Waals surface area contributed by atoms with Gasteiger partial charge in [-0.3, -0.25) is 14.9 Å². The van der Waals surface area contributed by atoms with E-state index in [0.717, 1.165) is 24.0 Å². The second kappa shape index (κ2) is 7.84. The predicted molar refractivity (Wildman–Crippen MR) is 96.4 cm³/mol. The van der Waals surface area contributed by atoms with Crippen molar-refractivity contribution in [3.63, 3.8) is 0 Å². The number of carbonyl (C=O) groups is 1. The van der Waals surface area contributed by atoms with Crippen molar-refractivity contribution in [2.75, 3.05) is 16.8 Å². The smallest absolute Gasteiger partial charge is 0.270 e. The first-order valence-corrected chi connectivity index (χ1v) is 8.92. The summed E-state index contributed by atoms with van der Waals surface area (Å²) >= 11 is 1.83. The molecule has 1 aromatic carbocycles. The summed E-state index contributed by atoms with van der Waals surface area (Å²) < 4.78 is 5.73. The van der Waals surface area contributed by atoms with Crippen molar-refractivity contribution in [3.05, 3.63) is 57.8 Å². The number of hydrogen-bond donors (Lipinski definition) is 1. The van der Waals surface area contributed by atoms with Gasteiger partial charge in [0.25, 0.3) is 11.6 Å². The van der Waals surface area contributed by atoms with Crippen molar-refractivity contribution in [2.45, 2.75) is 12.5 Å². The first-order valence-electron chi connectivity index (χ1n) is 7.77. The number of nitrogens with one attached hydrogen (secondary N) is 1. The Morgan fingerprint density at radius 2 is 2.27 bits per heavy atom. The van der Waals surface area contributed by atoms with Crippen LogP contribution in [0.5, 0.6) is 5.88 Å². The lowest BCUT2D eigenvalue weighted by Crippen LogP contribution is -2.16. The van der Waals surface area contributed by atoms with E-state index in [4.69, 9.17) is 10.00 Å². The average Bonchev–Trinajstić information content (AvgIpc) is 3.15. The van der Waals surface area contributed by atoms with Crippen molar-refractivity contribution < 1.29 is 14.5 Å². The lowest BCUT2D eigenvalue weighted by Gasteiger charge is -2.11. The van der Waals surface area contributed by atoms with Crippen LogP contribution >= 0.6 is 11.8 Å². The standard InChI is InChI=1S/C17H14N4O4S/c18-8-12-7-13(21(23)24)2-3-15(12)20-17(22)11-1-4-16(19-9-11)25-14-5-6-26-10-14/h1-4,7,9,14H,5-6,10H2,(H,20,22). The highest BCUT2D eigenvalue weighted by molar-refractivity contribution is 7.99. The van der Waals surface area contributed by atoms with E-state index in [-0.39, 0.29) is 23.0 Å². The number of nitro groups is 1. The second-order valence-corrected chi connectivity index (χ2v) is 6.69. The molecule has 0 aliphatic carbocycles. The molecule has 1 aromatic heterocycles. The Morgan fingerprint density at radius 3 is 2.88 bits per heavy atom. The van der Waals surface area contributed by atoms with Crippen LogP contribution in [0.15, 0.2) is 36.5 Å². The number of carbonyl (C=O) groups excluding carboxylic acids is 1. The fraction of sp³-hybridized carbons (Fsp3) is 0.235. The molecule has 0 bridgehead atoms. The Kier molecular flexibility index (Phi) is 5.34. The Bertz CT molecular complexity index is 873. The van der Waals surface area contributed by atoms with Gasteiger partial charge in [0.2, 0.25) is 5.88 Å². The van der Waals surface area contributed by atoms with Crippen molar-refractivity contribution >= 4 is 29.0 Å². The second-order valence-electron chi connectivity index (χ2n) is 5.54. The molecule has 26 heavy (non-hydrogen) atoms. The Balaban J connectivity index is 1.69. The van der Waals surface area contributed by atoms with Gasteiger partial charge >= 0.3 is 0 Å². The quantitative estimate of drug-likeness (QED) is 0.635. The average molecular weight is 370 g/mol. The van der Waals surface area contributed by atoms with Crippen LogP contribution in [-0.2, 0) is 0 Å². The number of nitrogens with zero attached hydrogens (tertiary/aromatic N) is 3. The molecular weight excluding hydrogens is 356 g/mol. The molecule has 1 aliphatic heterocycles. The third kappa shape index (κ3) is 4.10. The first kappa shape index (κ1) is 17.7. The number of rotatable bonds is 5. The van der Waals surface area contributed by atoms with Gasteiger partial charge in [-0.1, -0.05) is 0 Å². The normalized spacial score (nSPS) is 15.9. The van der Waals surface area contributed by atoms with E-state index in [1.54, 1.807) is 12.1 Å². The van der Waals surface area contributed by atoms with E-state index >= 15 is 0 Å². The zero-order chi connectivity index (χ0) is 18.5. The zero-order valence-electron chi connectivity index (χ0n) is 13.5. The molecule has 1 saturated heterocycles. The van der Waals surface area contributed by atoms with Gasteiger partial charge in [0.1, 0.15) is 12.2 Å². The maximum absolute atomic E-state index is 12.3. The lowest BCUT2D eigenvalue weighted by molar-refractivity contribution is -0.384. The molecule has 1 unspecified atom stereocenters. The van der Waals surface area contributed by atoms with Crippen LogP contribution < -0.4 is 10.1 Å². The van der Waals surface area contributed by atoms with Crippen LogP contribution in [0.3, 0.4) is 0 Å². The summed E-state index contributed by atoms with van der Waals surface area (Å²) in [6.07, 6.45) is 2.51. The van der Waals surface area contributed by atoms with Crippen LogP contribution in [-0.4, -0.2) is 33.4 Å². The first-order chi connectivity index (χ1) is 12.6. The molecule has 2 aromatic rings. The molecule has 0 spiro atoms. The third-order valence-electron chi connectivity index (χ3n) is 3.76. The maximum Gasteiger partial charge on any atom is 0.270 e. The van der Waals surface area contributed by atoms with Crippen LogP contribution in [0.1, 0.15) is 22.3 Å². The number of anilines is 1. The summed E-state index contributed by atoms with van der Waals surface area (Å²) in [6, 6.07) is 8.72. The summed E-state index contributed by atoms with van der Waals surface area (Å²) in [5, 5.41) is 22.5. The van der Waals surface area contributed by atoms with Gasteiger partial charge in [-0.05, 0) is 24.3 Å². The minimum Gasteiger partial charge on any atom is -0.473 e. The van der Waals surface area contributed by atoms with Gasteiger partial charge in [-0.2, -0.15) is 17.0 Å². The highest BCUT2D eigenvalue weighted by Gasteiger charge is 2.18. The SMILES string of the molecule is N#Cc1cc([N+](=O)[O-])ccc1NC(=O)c1ccc(OC2CCSC2)nc1. The molecule has 1 fully saturated rings. The number of amides is 1. The van der Waals surface area contributed by atoms with E-state index in [1.807, 2.05) is 17.8 Å². The number of benzene rings is 1. The molecule has 1 atom stereocenters. The van der Waals surface area contributed by atoms with Crippen LogP contribution in [0.2, 0.25) is 0 Å². The monoisotopic (exact) mass is 370 g/mol. The largest absolute Gasteiger partial charge is 0.473 e. The van der Waals surface area contributed by atoms with E-state index in [2.05, 4.69) is 10.3 Å². The van der Waals surface area contributed by atoms with Gasteiger partial charge < -0.3 is 10.1 Å². The molecule has 1 amide bonds. The van der Waals surface area contributed by atoms with Gasteiger partial charge in [-0.15, -0.1) is 0 Å². The van der Waals surface area contributed by atoms with Gasteiger partial charge in [0, 0.05) is 30.1 Å². The van der Waals surface area contributed by atoms with Gasteiger partial charge in [0.15, 0.2) is 0 Å². The Hall–Kier alpha value is -3.12. The maximum atomic E-state index is 12.3. The summed E-state index contributed by atoms with van der Waals surface area (Å²) in [5.74, 6) is 2.00. The minimum atomic E-state index is -0.599. The molecule has 2 heterocycles. The number of aromatic nitrogens is 1. The molecule has 132 valence electrons. The summed E-state index contributed by atoms with van der Waals surface area (Å²) in [4.78, 5) is 26.6. The number of hydrogen-bond acceptors (Lipinski definition) is 7. The van der Waals surface area contributed by atoms with Crippen LogP contribution in [0, 0.1) is 21.4 Å². The van der Waals surface area contributed by atoms with E-state index in [0.29, 0.717) is 11.4 Å². The fourth-order valence-corrected chi connectivity index (χ4v) is 3.50. The number of ether oxygens (including phenoxy) is 1. The van der Waals surface area contributed by atoms with Crippen LogP contribution in [0.25, 0.3) is 0 Å². The molecule has 0 radical (unpaired) electrons. The third-order valence-corrected chi connectivity index (χ3v) is 4.89. The minimum absolute atomic E-state index is 0.0131. The Labute approximate surface area is 153 Å². The van der Waals surface area contributed by atoms with Crippen molar-refractivity contribution in [1.82, 2.24) is 4.98 Å². The highest BCUT2D eigenvalue weighted by atomic mass is 32.2.